The van der Waals surface area contributed by atoms with Crippen LogP contribution in [0.4, 0.5) is 10.1 Å². The van der Waals surface area contributed by atoms with E-state index in [-0.39, 0.29) is 0 Å². The van der Waals surface area contributed by atoms with E-state index in [4.69, 9.17) is 5.73 Å². The zero-order chi connectivity index (χ0) is 7.68. The molecule has 1 saturated heterocycles. The first-order valence-electron chi connectivity index (χ1n) is 3.82. The van der Waals surface area contributed by atoms with Gasteiger partial charge in [-0.25, -0.2) is 4.98 Å². The Balaban J connectivity index is 2.15. The Kier molecular flexibility index (Phi) is 1.69. The zero-order valence-corrected chi connectivity index (χ0v) is 7.10. The number of anilines is 2. The second kappa shape index (κ2) is 2.70. The molecule has 0 saturated carbocycles. The quantitative estimate of drug-likeness (QED) is 0.689. The Hall–Kier alpha value is -0.770. The van der Waals surface area contributed by atoms with E-state index in [9.17, 15) is 0 Å². The van der Waals surface area contributed by atoms with Gasteiger partial charge >= 0.3 is 0 Å². The first-order valence-corrected chi connectivity index (χ1v) is 4.64. The van der Waals surface area contributed by atoms with Crippen LogP contribution in [0, 0.1) is 0 Å². The van der Waals surface area contributed by atoms with E-state index in [0.717, 1.165) is 23.2 Å². The van der Waals surface area contributed by atoms with Crippen LogP contribution in [-0.2, 0) is 0 Å². The third kappa shape index (κ3) is 1.30. The average Bonchev–Trinajstić information content (AvgIpc) is 2.55. The van der Waals surface area contributed by atoms with Crippen LogP contribution in [0.2, 0.25) is 0 Å². The fourth-order valence-electron chi connectivity index (χ4n) is 1.33. The van der Waals surface area contributed by atoms with Gasteiger partial charge in [0.2, 0.25) is 0 Å². The van der Waals surface area contributed by atoms with Gasteiger partial charge in [0, 0.05) is 13.1 Å². The minimum Gasteiger partial charge on any atom is -0.389 e. The van der Waals surface area contributed by atoms with Crippen molar-refractivity contribution < 1.29 is 0 Å². The number of hydrogen-bond donors (Lipinski definition) is 1. The van der Waals surface area contributed by atoms with Gasteiger partial charge in [-0.3, -0.25) is 0 Å². The normalized spacial score (nSPS) is 17.6. The molecule has 1 aromatic rings. The summed E-state index contributed by atoms with van der Waals surface area (Å²) in [6, 6.07) is 0. The lowest BCUT2D eigenvalue weighted by Gasteiger charge is -2.11. The predicted octanol–water partition coefficient (Wildman–Crippen LogP) is 1.33. The molecule has 0 aromatic carbocycles. The predicted molar refractivity (Wildman–Crippen MR) is 48.0 cm³/mol. The number of aromatic nitrogens is 1. The summed E-state index contributed by atoms with van der Waals surface area (Å²) >= 11 is 1.58. The van der Waals surface area contributed by atoms with E-state index in [2.05, 4.69) is 9.88 Å². The zero-order valence-electron chi connectivity index (χ0n) is 6.29. The lowest BCUT2D eigenvalue weighted by Crippen LogP contribution is -2.16. The van der Waals surface area contributed by atoms with Crippen molar-refractivity contribution in [2.45, 2.75) is 12.8 Å². The highest BCUT2D eigenvalue weighted by Crippen LogP contribution is 2.26. The molecule has 2 heterocycles. The molecule has 1 fully saturated rings. The minimum absolute atomic E-state index is 0.812. The highest BCUT2D eigenvalue weighted by molar-refractivity contribution is 7.19. The summed E-state index contributed by atoms with van der Waals surface area (Å²) in [4.78, 5) is 6.51. The minimum atomic E-state index is 0.812. The average molecular weight is 169 g/mol. The second-order valence-electron chi connectivity index (χ2n) is 2.74. The molecule has 0 atom stereocenters. The van der Waals surface area contributed by atoms with Crippen LogP contribution in [0.25, 0.3) is 0 Å². The maximum Gasteiger partial charge on any atom is 0.187 e. The van der Waals surface area contributed by atoms with Crippen molar-refractivity contribution in [3.63, 3.8) is 0 Å². The number of nitrogens with two attached hydrogens (primary N) is 1. The number of thiazole rings is 1. The highest BCUT2D eigenvalue weighted by Gasteiger charge is 2.14. The summed E-state index contributed by atoms with van der Waals surface area (Å²) < 4.78 is 0. The molecule has 0 spiro atoms. The van der Waals surface area contributed by atoms with E-state index in [1.165, 1.54) is 12.8 Å². The van der Waals surface area contributed by atoms with Gasteiger partial charge in [0.25, 0.3) is 0 Å². The van der Waals surface area contributed by atoms with Gasteiger partial charge in [-0.15, -0.1) is 0 Å². The number of rotatable bonds is 1. The smallest absolute Gasteiger partial charge is 0.187 e. The maximum atomic E-state index is 5.58. The van der Waals surface area contributed by atoms with Gasteiger partial charge in [0.1, 0.15) is 5.00 Å². The Morgan fingerprint density at radius 3 is 2.73 bits per heavy atom. The molecule has 3 nitrogen and oxygen atoms in total. The number of nitrogens with zero attached hydrogens (tertiary/aromatic N) is 2. The summed E-state index contributed by atoms with van der Waals surface area (Å²) in [5.74, 6) is 0. The van der Waals surface area contributed by atoms with Gasteiger partial charge in [-0.1, -0.05) is 11.3 Å². The molecule has 1 aliphatic rings. The summed E-state index contributed by atoms with van der Waals surface area (Å²) in [5, 5.41) is 1.90. The van der Waals surface area contributed by atoms with E-state index in [1.54, 1.807) is 17.5 Å². The molecule has 0 bridgehead atoms. The standard InChI is InChI=1S/C7H11N3S/c8-6-5-9-7(11-6)10-3-1-2-4-10/h5H,1-4,8H2. The molecule has 1 aromatic heterocycles. The molecule has 0 amide bonds. The third-order valence-corrected chi connectivity index (χ3v) is 2.78. The molecule has 2 rings (SSSR count). The van der Waals surface area contributed by atoms with E-state index >= 15 is 0 Å². The summed E-state index contributed by atoms with van der Waals surface area (Å²) in [7, 11) is 0. The van der Waals surface area contributed by atoms with Crippen molar-refractivity contribution >= 4 is 21.5 Å². The van der Waals surface area contributed by atoms with E-state index < -0.39 is 0 Å². The Morgan fingerprint density at radius 1 is 1.45 bits per heavy atom. The number of hydrogen-bond acceptors (Lipinski definition) is 4. The van der Waals surface area contributed by atoms with Crippen molar-refractivity contribution in [1.29, 1.82) is 0 Å². The van der Waals surface area contributed by atoms with Crippen LogP contribution in [0.15, 0.2) is 6.20 Å². The Bertz CT molecular complexity index is 240. The summed E-state index contributed by atoms with van der Waals surface area (Å²) in [6.45, 7) is 2.29. The molecule has 1 aliphatic heterocycles. The monoisotopic (exact) mass is 169 g/mol. The van der Waals surface area contributed by atoms with Crippen LogP contribution in [0.3, 0.4) is 0 Å². The van der Waals surface area contributed by atoms with Gasteiger partial charge in [0.05, 0.1) is 6.20 Å². The van der Waals surface area contributed by atoms with Gasteiger partial charge in [-0.2, -0.15) is 0 Å². The Labute approximate surface area is 69.8 Å². The lowest BCUT2D eigenvalue weighted by molar-refractivity contribution is 0.949. The van der Waals surface area contributed by atoms with E-state index in [1.807, 2.05) is 0 Å². The molecule has 2 N–H and O–H groups in total. The molecule has 0 unspecified atom stereocenters. The third-order valence-electron chi connectivity index (χ3n) is 1.89. The van der Waals surface area contributed by atoms with Crippen molar-refractivity contribution in [2.24, 2.45) is 0 Å². The second-order valence-corrected chi connectivity index (χ2v) is 3.78. The summed E-state index contributed by atoms with van der Waals surface area (Å²) in [6.07, 6.45) is 4.32. The Morgan fingerprint density at radius 2 is 2.18 bits per heavy atom. The molecule has 4 heteroatoms. The first kappa shape index (κ1) is 6.91. The highest BCUT2D eigenvalue weighted by atomic mass is 32.1. The molecule has 60 valence electrons. The largest absolute Gasteiger partial charge is 0.389 e. The van der Waals surface area contributed by atoms with Gasteiger partial charge in [0.15, 0.2) is 5.13 Å². The van der Waals surface area contributed by atoms with Crippen LogP contribution in [0.5, 0.6) is 0 Å². The van der Waals surface area contributed by atoms with Gasteiger partial charge < -0.3 is 10.6 Å². The van der Waals surface area contributed by atoms with Crippen LogP contribution in [0.1, 0.15) is 12.8 Å². The van der Waals surface area contributed by atoms with Crippen molar-refractivity contribution in [3.8, 4) is 0 Å². The molecule has 0 radical (unpaired) electrons. The fraction of sp³-hybridized carbons (Fsp3) is 0.571. The molecule has 11 heavy (non-hydrogen) atoms. The van der Waals surface area contributed by atoms with Crippen LogP contribution >= 0.6 is 11.3 Å². The summed E-state index contributed by atoms with van der Waals surface area (Å²) in [5.41, 5.74) is 5.58. The van der Waals surface area contributed by atoms with Crippen LogP contribution < -0.4 is 10.6 Å². The van der Waals surface area contributed by atoms with Crippen molar-refractivity contribution in [2.75, 3.05) is 23.7 Å². The van der Waals surface area contributed by atoms with E-state index in [0.29, 0.717) is 0 Å². The van der Waals surface area contributed by atoms with Crippen molar-refractivity contribution in [3.05, 3.63) is 6.20 Å². The first-order chi connectivity index (χ1) is 5.36. The topological polar surface area (TPSA) is 42.1 Å². The van der Waals surface area contributed by atoms with Gasteiger partial charge in [-0.05, 0) is 12.8 Å². The molecular formula is C7H11N3S. The maximum absolute atomic E-state index is 5.58. The molecular weight excluding hydrogens is 158 g/mol. The van der Waals surface area contributed by atoms with Crippen LogP contribution in [-0.4, -0.2) is 18.1 Å². The number of nitrogen functional groups attached to an aromatic ring is 1. The fourth-order valence-corrected chi connectivity index (χ4v) is 2.06. The molecule has 0 aliphatic carbocycles. The SMILES string of the molecule is Nc1cnc(N2CCCC2)s1. The lowest BCUT2D eigenvalue weighted by atomic mass is 10.4. The van der Waals surface area contributed by atoms with Crippen molar-refractivity contribution in [1.82, 2.24) is 4.98 Å².